The Morgan fingerprint density at radius 1 is 1.32 bits per heavy atom. The molecule has 1 amide bonds. The number of nitrogens with zero attached hydrogens (tertiary/aromatic N) is 2. The van der Waals surface area contributed by atoms with E-state index in [0.717, 1.165) is 43.0 Å². The Bertz CT molecular complexity index is 886. The molecule has 0 saturated carbocycles. The molecule has 1 aromatic heterocycles. The minimum atomic E-state index is -3.22. The van der Waals surface area contributed by atoms with Crippen LogP contribution in [0.3, 0.4) is 0 Å². The molecule has 7 nitrogen and oxygen atoms in total. The summed E-state index contributed by atoms with van der Waals surface area (Å²) in [6.45, 7) is 4.60. The third kappa shape index (κ3) is 5.56. The lowest BCUT2D eigenvalue weighted by molar-refractivity contribution is -0.121. The third-order valence-electron chi connectivity index (χ3n) is 4.78. The highest BCUT2D eigenvalue weighted by molar-refractivity contribution is 7.90. The summed E-state index contributed by atoms with van der Waals surface area (Å²) in [6, 6.07) is 8.63. The number of halogens is 1. The summed E-state index contributed by atoms with van der Waals surface area (Å²) in [7, 11) is -3.22. The van der Waals surface area contributed by atoms with Gasteiger partial charge in [-0.15, -0.1) is 12.4 Å². The van der Waals surface area contributed by atoms with Gasteiger partial charge in [-0.2, -0.15) is 5.10 Å². The molecule has 2 aromatic rings. The molecule has 1 aliphatic rings. The summed E-state index contributed by atoms with van der Waals surface area (Å²) in [5, 5.41) is 10.9. The summed E-state index contributed by atoms with van der Waals surface area (Å²) in [6.07, 6.45) is 2.90. The zero-order chi connectivity index (χ0) is 19.4. The van der Waals surface area contributed by atoms with Gasteiger partial charge in [0.25, 0.3) is 0 Å². The average molecular weight is 427 g/mol. The zero-order valence-electron chi connectivity index (χ0n) is 16.1. The van der Waals surface area contributed by atoms with Crippen molar-refractivity contribution in [3.8, 4) is 0 Å². The number of amides is 1. The van der Waals surface area contributed by atoms with Gasteiger partial charge in [-0.25, -0.2) is 8.42 Å². The Kier molecular flexibility index (Phi) is 7.63. The largest absolute Gasteiger partial charge is 0.349 e. The van der Waals surface area contributed by atoms with E-state index in [1.807, 2.05) is 11.6 Å². The molecule has 1 atom stereocenters. The second kappa shape index (κ2) is 9.54. The quantitative estimate of drug-likeness (QED) is 0.706. The van der Waals surface area contributed by atoms with Gasteiger partial charge >= 0.3 is 0 Å². The van der Waals surface area contributed by atoms with E-state index in [4.69, 9.17) is 0 Å². The van der Waals surface area contributed by atoms with E-state index in [0.29, 0.717) is 12.8 Å². The second-order valence-electron chi connectivity index (χ2n) is 6.90. The number of rotatable bonds is 7. The van der Waals surface area contributed by atoms with Gasteiger partial charge in [-0.1, -0.05) is 19.1 Å². The molecular formula is C19H27ClN4O3S. The van der Waals surface area contributed by atoms with Crippen LogP contribution in [0.2, 0.25) is 0 Å². The lowest BCUT2D eigenvalue weighted by Crippen LogP contribution is -2.28. The topological polar surface area (TPSA) is 93.1 Å². The number of benzene rings is 1. The molecule has 1 unspecified atom stereocenters. The molecule has 0 spiro atoms. The number of carbonyl (C=O) groups is 1. The molecule has 0 radical (unpaired) electrons. The van der Waals surface area contributed by atoms with E-state index < -0.39 is 9.84 Å². The van der Waals surface area contributed by atoms with Crippen LogP contribution in [0.15, 0.2) is 35.2 Å². The first kappa shape index (κ1) is 22.4. The van der Waals surface area contributed by atoms with E-state index in [9.17, 15) is 13.2 Å². The molecule has 9 heteroatoms. The predicted molar refractivity (Wildman–Crippen MR) is 110 cm³/mol. The summed E-state index contributed by atoms with van der Waals surface area (Å²) >= 11 is 0. The van der Waals surface area contributed by atoms with Gasteiger partial charge in [-0.3, -0.25) is 9.48 Å². The fourth-order valence-electron chi connectivity index (χ4n) is 3.25. The first-order valence-electron chi connectivity index (χ1n) is 9.22. The van der Waals surface area contributed by atoms with Crippen molar-refractivity contribution in [2.75, 3.05) is 12.8 Å². The Balaban J connectivity index is 0.00000280. The summed E-state index contributed by atoms with van der Waals surface area (Å²) in [4.78, 5) is 12.7. The molecule has 154 valence electrons. The highest BCUT2D eigenvalue weighted by Crippen LogP contribution is 2.19. The maximum Gasteiger partial charge on any atom is 0.220 e. The SMILES string of the molecule is CCC(NC(=O)CCc1cc2n(n1)CCNC2)c1ccc(S(C)(=O)=O)cc1.Cl. The fourth-order valence-corrected chi connectivity index (χ4v) is 3.88. The molecule has 28 heavy (non-hydrogen) atoms. The van der Waals surface area contributed by atoms with Gasteiger partial charge in [0.05, 0.1) is 28.9 Å². The number of aromatic nitrogens is 2. The third-order valence-corrected chi connectivity index (χ3v) is 5.91. The van der Waals surface area contributed by atoms with E-state index in [-0.39, 0.29) is 29.3 Å². The Hall–Kier alpha value is -1.90. The van der Waals surface area contributed by atoms with Crippen LogP contribution >= 0.6 is 12.4 Å². The van der Waals surface area contributed by atoms with E-state index in [1.54, 1.807) is 24.3 Å². The molecule has 2 heterocycles. The zero-order valence-corrected chi connectivity index (χ0v) is 17.8. The number of hydrogen-bond acceptors (Lipinski definition) is 5. The molecule has 1 aromatic carbocycles. The fraction of sp³-hybridized carbons (Fsp3) is 0.474. The van der Waals surface area contributed by atoms with Gasteiger partial charge in [-0.05, 0) is 30.2 Å². The smallest absolute Gasteiger partial charge is 0.220 e. The van der Waals surface area contributed by atoms with Crippen LogP contribution in [-0.4, -0.2) is 36.9 Å². The summed E-state index contributed by atoms with van der Waals surface area (Å²) < 4.78 is 25.1. The molecule has 0 aliphatic carbocycles. The van der Waals surface area contributed by atoms with Crippen LogP contribution < -0.4 is 10.6 Å². The molecule has 2 N–H and O–H groups in total. The van der Waals surface area contributed by atoms with Crippen LogP contribution in [0.4, 0.5) is 0 Å². The number of sulfone groups is 1. The maximum atomic E-state index is 12.4. The van der Waals surface area contributed by atoms with Crippen molar-refractivity contribution >= 4 is 28.2 Å². The van der Waals surface area contributed by atoms with Crippen molar-refractivity contribution in [2.24, 2.45) is 0 Å². The number of aryl methyl sites for hydroxylation is 1. The molecule has 0 saturated heterocycles. The minimum Gasteiger partial charge on any atom is -0.349 e. The van der Waals surface area contributed by atoms with Crippen LogP contribution in [0.5, 0.6) is 0 Å². The van der Waals surface area contributed by atoms with Gasteiger partial charge in [0.1, 0.15) is 0 Å². The number of nitrogens with one attached hydrogen (secondary N) is 2. The van der Waals surface area contributed by atoms with Crippen molar-refractivity contribution in [1.82, 2.24) is 20.4 Å². The highest BCUT2D eigenvalue weighted by atomic mass is 35.5. The van der Waals surface area contributed by atoms with E-state index >= 15 is 0 Å². The molecule has 0 fully saturated rings. The van der Waals surface area contributed by atoms with Crippen LogP contribution in [0.25, 0.3) is 0 Å². The standard InChI is InChI=1S/C19H26N4O3S.ClH/c1-3-18(14-4-7-17(8-5-14)27(2,25)26)21-19(24)9-6-15-12-16-13-20-10-11-23(16)22-15;/h4-5,7-8,12,18,20H,3,6,9-11,13H2,1-2H3,(H,21,24);1H. The second-order valence-corrected chi connectivity index (χ2v) is 8.91. The molecule has 0 bridgehead atoms. The number of fused-ring (bicyclic) bond motifs is 1. The first-order chi connectivity index (χ1) is 12.9. The molecular weight excluding hydrogens is 400 g/mol. The van der Waals surface area contributed by atoms with Crippen molar-refractivity contribution in [3.05, 3.63) is 47.3 Å². The predicted octanol–water partition coefficient (Wildman–Crippen LogP) is 2.01. The van der Waals surface area contributed by atoms with E-state index in [2.05, 4.69) is 21.8 Å². The van der Waals surface area contributed by atoms with Gasteiger partial charge in [0.15, 0.2) is 9.84 Å². The van der Waals surface area contributed by atoms with Gasteiger partial charge < -0.3 is 10.6 Å². The van der Waals surface area contributed by atoms with Crippen LogP contribution in [-0.2, 0) is 34.1 Å². The van der Waals surface area contributed by atoms with Gasteiger partial charge in [0.2, 0.25) is 5.91 Å². The molecule has 3 rings (SSSR count). The van der Waals surface area contributed by atoms with Gasteiger partial charge in [0, 0.05) is 32.2 Å². The number of hydrogen-bond donors (Lipinski definition) is 2. The summed E-state index contributed by atoms with van der Waals surface area (Å²) in [5.74, 6) is -0.0295. The van der Waals surface area contributed by atoms with Crippen molar-refractivity contribution < 1.29 is 13.2 Å². The van der Waals surface area contributed by atoms with Crippen molar-refractivity contribution in [1.29, 1.82) is 0 Å². The maximum absolute atomic E-state index is 12.4. The Labute approximate surface area is 172 Å². The van der Waals surface area contributed by atoms with Crippen LogP contribution in [0, 0.1) is 0 Å². The molecule has 1 aliphatic heterocycles. The lowest BCUT2D eigenvalue weighted by Gasteiger charge is -2.17. The summed E-state index contributed by atoms with van der Waals surface area (Å²) in [5.41, 5.74) is 3.00. The van der Waals surface area contributed by atoms with Crippen LogP contribution in [0.1, 0.15) is 42.8 Å². The van der Waals surface area contributed by atoms with Crippen molar-refractivity contribution in [3.63, 3.8) is 0 Å². The van der Waals surface area contributed by atoms with E-state index in [1.165, 1.54) is 6.26 Å². The minimum absolute atomic E-state index is 0. The lowest BCUT2D eigenvalue weighted by atomic mass is 10.0. The Morgan fingerprint density at radius 3 is 2.64 bits per heavy atom. The first-order valence-corrected chi connectivity index (χ1v) is 11.1. The number of carbonyl (C=O) groups excluding carboxylic acids is 1. The van der Waals surface area contributed by atoms with Crippen molar-refractivity contribution in [2.45, 2.75) is 50.2 Å². The monoisotopic (exact) mass is 426 g/mol. The highest BCUT2D eigenvalue weighted by Gasteiger charge is 2.16. The Morgan fingerprint density at radius 2 is 2.04 bits per heavy atom. The normalized spacial score (nSPS) is 14.6. The average Bonchev–Trinajstić information content (AvgIpc) is 3.07.